The highest BCUT2D eigenvalue weighted by Gasteiger charge is 2.80. The fourth-order valence-electron chi connectivity index (χ4n) is 2.85. The fourth-order valence-corrected chi connectivity index (χ4v) is 3.47. The molecule has 0 N–H and O–H groups in total. The summed E-state index contributed by atoms with van der Waals surface area (Å²) in [4.78, 5) is 10.8. The molecule has 0 unspecified atom stereocenters. The van der Waals surface area contributed by atoms with Crippen molar-refractivity contribution in [2.24, 2.45) is 0 Å². The summed E-state index contributed by atoms with van der Waals surface area (Å²) in [5.74, 6) is 0.461. The number of epoxide rings is 1. The molecule has 2 aliphatic carbocycles. The Bertz CT molecular complexity index is 441. The molecule has 2 fully saturated rings. The zero-order chi connectivity index (χ0) is 11.6. The first-order valence-corrected chi connectivity index (χ1v) is 5.93. The molecule has 0 amide bonds. The van der Waals surface area contributed by atoms with E-state index in [2.05, 4.69) is 0 Å². The van der Waals surface area contributed by atoms with Crippen molar-refractivity contribution in [2.75, 3.05) is 7.11 Å². The van der Waals surface area contributed by atoms with Gasteiger partial charge < -0.3 is 9.47 Å². The van der Waals surface area contributed by atoms with Crippen molar-refractivity contribution in [1.29, 1.82) is 0 Å². The van der Waals surface area contributed by atoms with Gasteiger partial charge in [0.25, 0.3) is 0 Å². The number of allylic oxidation sites excluding steroid dienone is 2. The molecule has 16 heavy (non-hydrogen) atoms. The summed E-state index contributed by atoms with van der Waals surface area (Å²) in [6, 6.07) is 0. The number of halogens is 2. The predicted molar refractivity (Wildman–Crippen MR) is 59.5 cm³/mol. The number of ketones is 1. The van der Waals surface area contributed by atoms with E-state index >= 15 is 0 Å². The van der Waals surface area contributed by atoms with E-state index in [0.717, 1.165) is 18.4 Å². The van der Waals surface area contributed by atoms with Gasteiger partial charge >= 0.3 is 0 Å². The van der Waals surface area contributed by atoms with Crippen LogP contribution in [0.25, 0.3) is 0 Å². The van der Waals surface area contributed by atoms with Crippen LogP contribution in [-0.4, -0.2) is 28.9 Å². The summed E-state index contributed by atoms with van der Waals surface area (Å²) in [5, 5.41) is 0. The quantitative estimate of drug-likeness (QED) is 0.564. The highest BCUT2D eigenvalue weighted by Crippen LogP contribution is 2.69. The second-order valence-corrected chi connectivity index (χ2v) is 5.35. The second-order valence-electron chi connectivity index (χ2n) is 4.26. The molecule has 2 atom stereocenters. The first-order valence-electron chi connectivity index (χ1n) is 5.06. The smallest absolute Gasteiger partial charge is 0.182 e. The summed E-state index contributed by atoms with van der Waals surface area (Å²) < 4.78 is 11.0. The van der Waals surface area contributed by atoms with Crippen LogP contribution in [0.1, 0.15) is 12.8 Å². The molecule has 0 aromatic carbocycles. The van der Waals surface area contributed by atoms with Gasteiger partial charge in [-0.3, -0.25) is 4.79 Å². The minimum atomic E-state index is -0.663. The molecular weight excluding hydrogens is 251 g/mol. The van der Waals surface area contributed by atoms with Gasteiger partial charge in [0.1, 0.15) is 16.2 Å². The highest BCUT2D eigenvalue weighted by molar-refractivity contribution is 6.45. The first-order chi connectivity index (χ1) is 7.57. The van der Waals surface area contributed by atoms with Gasteiger partial charge in [-0.25, -0.2) is 0 Å². The summed E-state index contributed by atoms with van der Waals surface area (Å²) in [6.45, 7) is 0. The summed E-state index contributed by atoms with van der Waals surface area (Å²) in [7, 11) is 1.53. The van der Waals surface area contributed by atoms with Gasteiger partial charge in [-0.2, -0.15) is 0 Å². The first kappa shape index (κ1) is 10.6. The number of alkyl halides is 2. The standard InChI is InChI=1S/C11H10Cl2O3/c1-15-8-5-7(14)4-6-2-3-10(9(12)13)11(6,8)16-10/h4-5,9H,2-3H2,1H3/t10-,11+/m0/s1. The Morgan fingerprint density at radius 3 is 2.81 bits per heavy atom. The molecule has 1 spiro atoms. The van der Waals surface area contributed by atoms with Gasteiger partial charge in [0.15, 0.2) is 11.4 Å². The van der Waals surface area contributed by atoms with Crippen molar-refractivity contribution in [3.05, 3.63) is 23.5 Å². The van der Waals surface area contributed by atoms with Gasteiger partial charge in [-0.05, 0) is 24.5 Å². The maximum absolute atomic E-state index is 11.5. The number of ether oxygens (including phenoxy) is 2. The SMILES string of the molecule is COC1=CC(=O)C=C2CC[C@@]3(C(Cl)Cl)O[C@]213. The normalized spacial score (nSPS) is 40.1. The molecule has 0 aromatic heterocycles. The van der Waals surface area contributed by atoms with Gasteiger partial charge in [0.05, 0.1) is 7.11 Å². The summed E-state index contributed by atoms with van der Waals surface area (Å²) >= 11 is 12.0. The van der Waals surface area contributed by atoms with Gasteiger partial charge in [-0.15, -0.1) is 23.2 Å². The van der Waals surface area contributed by atoms with Gasteiger partial charge in [0.2, 0.25) is 0 Å². The monoisotopic (exact) mass is 260 g/mol. The zero-order valence-corrected chi connectivity index (χ0v) is 10.1. The summed E-state index contributed by atoms with van der Waals surface area (Å²) in [6.07, 6.45) is 4.56. The molecule has 3 nitrogen and oxygen atoms in total. The van der Waals surface area contributed by atoms with Crippen LogP contribution in [0, 0.1) is 0 Å². The minimum Gasteiger partial charge on any atom is -0.497 e. The Morgan fingerprint density at radius 2 is 2.25 bits per heavy atom. The lowest BCUT2D eigenvalue weighted by atomic mass is 9.88. The predicted octanol–water partition coefficient (Wildman–Crippen LogP) is 2.13. The molecule has 1 aliphatic heterocycles. The Labute approximate surface area is 103 Å². The van der Waals surface area contributed by atoms with Crippen LogP contribution < -0.4 is 0 Å². The zero-order valence-electron chi connectivity index (χ0n) is 8.63. The van der Waals surface area contributed by atoms with E-state index < -0.39 is 16.0 Å². The Morgan fingerprint density at radius 1 is 1.50 bits per heavy atom. The van der Waals surface area contributed by atoms with E-state index in [1.807, 2.05) is 0 Å². The second kappa shape index (κ2) is 3.03. The van der Waals surface area contributed by atoms with E-state index in [9.17, 15) is 4.79 Å². The Balaban J connectivity index is 2.10. The highest BCUT2D eigenvalue weighted by atomic mass is 35.5. The van der Waals surface area contributed by atoms with Crippen LogP contribution in [0.2, 0.25) is 0 Å². The number of methoxy groups -OCH3 is 1. The van der Waals surface area contributed by atoms with Crippen molar-refractivity contribution >= 4 is 29.0 Å². The average Bonchev–Trinajstić information content (AvgIpc) is 2.82. The lowest BCUT2D eigenvalue weighted by Crippen LogP contribution is -2.32. The molecule has 3 rings (SSSR count). The van der Waals surface area contributed by atoms with Crippen LogP contribution in [0.3, 0.4) is 0 Å². The van der Waals surface area contributed by atoms with Crippen LogP contribution in [0.5, 0.6) is 0 Å². The lowest BCUT2D eigenvalue weighted by Gasteiger charge is -2.20. The average molecular weight is 261 g/mol. The number of rotatable bonds is 2. The Hall–Kier alpha value is -0.510. The fraction of sp³-hybridized carbons (Fsp3) is 0.545. The molecule has 86 valence electrons. The topological polar surface area (TPSA) is 38.8 Å². The van der Waals surface area contributed by atoms with Gasteiger partial charge in [-0.1, -0.05) is 0 Å². The third kappa shape index (κ3) is 0.974. The molecule has 1 heterocycles. The maximum Gasteiger partial charge on any atom is 0.182 e. The third-order valence-electron chi connectivity index (χ3n) is 3.62. The number of hydrogen-bond donors (Lipinski definition) is 0. The van der Waals surface area contributed by atoms with Crippen molar-refractivity contribution in [2.45, 2.75) is 28.9 Å². The molecule has 0 radical (unpaired) electrons. The van der Waals surface area contributed by atoms with E-state index in [1.165, 1.54) is 13.2 Å². The lowest BCUT2D eigenvalue weighted by molar-refractivity contribution is -0.110. The minimum absolute atomic E-state index is 0.0653. The van der Waals surface area contributed by atoms with Crippen molar-refractivity contribution in [3.63, 3.8) is 0 Å². The molecule has 5 heteroatoms. The van der Waals surface area contributed by atoms with Crippen LogP contribution >= 0.6 is 23.2 Å². The van der Waals surface area contributed by atoms with E-state index in [1.54, 1.807) is 6.08 Å². The maximum atomic E-state index is 11.5. The number of carbonyl (C=O) groups excluding carboxylic acids is 1. The molecular formula is C11H10Cl2O3. The molecule has 3 aliphatic rings. The largest absolute Gasteiger partial charge is 0.497 e. The van der Waals surface area contributed by atoms with E-state index in [0.29, 0.717) is 5.76 Å². The van der Waals surface area contributed by atoms with Gasteiger partial charge in [0, 0.05) is 6.08 Å². The van der Waals surface area contributed by atoms with Crippen molar-refractivity contribution in [1.82, 2.24) is 0 Å². The number of hydrogen-bond acceptors (Lipinski definition) is 3. The van der Waals surface area contributed by atoms with E-state index in [-0.39, 0.29) is 5.78 Å². The van der Waals surface area contributed by atoms with Crippen LogP contribution in [0.4, 0.5) is 0 Å². The van der Waals surface area contributed by atoms with Crippen molar-refractivity contribution in [3.8, 4) is 0 Å². The Kier molecular flexibility index (Phi) is 2.01. The molecule has 1 saturated heterocycles. The summed E-state index contributed by atoms with van der Waals surface area (Å²) in [5.41, 5.74) is -0.322. The van der Waals surface area contributed by atoms with Crippen LogP contribution in [0.15, 0.2) is 23.5 Å². The van der Waals surface area contributed by atoms with Crippen LogP contribution in [-0.2, 0) is 14.3 Å². The molecule has 1 saturated carbocycles. The molecule has 0 bridgehead atoms. The number of carbonyl (C=O) groups is 1. The van der Waals surface area contributed by atoms with E-state index in [4.69, 9.17) is 32.7 Å². The van der Waals surface area contributed by atoms with Crippen molar-refractivity contribution < 1.29 is 14.3 Å². The molecule has 0 aromatic rings. The third-order valence-corrected chi connectivity index (χ3v) is 4.32.